The van der Waals surface area contributed by atoms with Crippen molar-refractivity contribution in [3.63, 3.8) is 0 Å². The Bertz CT molecular complexity index is 932. The zero-order valence-corrected chi connectivity index (χ0v) is 16.1. The van der Waals surface area contributed by atoms with Gasteiger partial charge < -0.3 is 9.64 Å². The van der Waals surface area contributed by atoms with Crippen molar-refractivity contribution in [3.8, 4) is 11.4 Å². The van der Waals surface area contributed by atoms with Crippen LogP contribution in [0, 0.1) is 5.92 Å². The summed E-state index contributed by atoms with van der Waals surface area (Å²) in [6, 6.07) is 18.6. The Balaban J connectivity index is 1.40. The number of para-hydroxylation sites is 1. The minimum Gasteiger partial charge on any atom is -0.381 e. The van der Waals surface area contributed by atoms with Crippen molar-refractivity contribution in [1.82, 2.24) is 14.9 Å². The molecule has 0 aliphatic carbocycles. The summed E-state index contributed by atoms with van der Waals surface area (Å²) in [5.41, 5.74) is 2.08. The molecule has 1 unspecified atom stereocenters. The van der Waals surface area contributed by atoms with Gasteiger partial charge in [-0.25, -0.2) is 9.97 Å². The van der Waals surface area contributed by atoms with E-state index in [1.807, 2.05) is 18.2 Å². The molecule has 0 saturated carbocycles. The molecule has 2 saturated heterocycles. The predicted octanol–water partition coefficient (Wildman–Crippen LogP) is 3.46. The Kier molecular flexibility index (Phi) is 4.93. The molecule has 2 fully saturated rings. The quantitative estimate of drug-likeness (QED) is 0.700. The van der Waals surface area contributed by atoms with Crippen molar-refractivity contribution in [2.75, 3.05) is 50.8 Å². The molecule has 0 amide bonds. The van der Waals surface area contributed by atoms with Gasteiger partial charge >= 0.3 is 0 Å². The van der Waals surface area contributed by atoms with Gasteiger partial charge in [0.25, 0.3) is 0 Å². The first-order valence-corrected chi connectivity index (χ1v) is 10.2. The van der Waals surface area contributed by atoms with Crippen molar-refractivity contribution in [2.45, 2.75) is 6.42 Å². The summed E-state index contributed by atoms with van der Waals surface area (Å²) >= 11 is 0. The highest BCUT2D eigenvalue weighted by Gasteiger charge is 2.24. The molecule has 3 heterocycles. The number of fused-ring (bicyclic) bond motifs is 1. The molecule has 3 aromatic rings. The summed E-state index contributed by atoms with van der Waals surface area (Å²) in [5.74, 6) is 2.57. The molecule has 2 aliphatic heterocycles. The maximum absolute atomic E-state index is 5.54. The predicted molar refractivity (Wildman–Crippen MR) is 113 cm³/mol. The number of hydrogen-bond acceptors (Lipinski definition) is 5. The Morgan fingerprint density at radius 1 is 0.893 bits per heavy atom. The normalized spacial score (nSPS) is 20.7. The number of hydrogen-bond donors (Lipinski definition) is 0. The van der Waals surface area contributed by atoms with E-state index in [0.29, 0.717) is 5.92 Å². The van der Waals surface area contributed by atoms with Crippen LogP contribution in [0.2, 0.25) is 0 Å². The number of ether oxygens (including phenoxy) is 1. The molecule has 0 N–H and O–H groups in total. The smallest absolute Gasteiger partial charge is 0.162 e. The maximum Gasteiger partial charge on any atom is 0.162 e. The SMILES string of the molecule is c1ccc(-c2nc(N3CCN(CC4CCOC4)CC3)c3ccccc3n2)cc1. The third kappa shape index (κ3) is 3.60. The number of piperazine rings is 1. The standard InChI is InChI=1S/C23H26N4O/c1-2-6-19(7-3-1)22-24-21-9-5-4-8-20(21)23(25-22)27-13-11-26(12-14-27)16-18-10-15-28-17-18/h1-9,18H,10-17H2. The van der Waals surface area contributed by atoms with Crippen LogP contribution >= 0.6 is 0 Å². The van der Waals surface area contributed by atoms with Gasteiger partial charge in [0.05, 0.1) is 12.1 Å². The van der Waals surface area contributed by atoms with Crippen LogP contribution in [-0.4, -0.2) is 60.8 Å². The van der Waals surface area contributed by atoms with Gasteiger partial charge in [0, 0.05) is 50.3 Å². The summed E-state index contributed by atoms with van der Waals surface area (Å²) in [6.45, 7) is 7.18. The lowest BCUT2D eigenvalue weighted by atomic mass is 10.1. The van der Waals surface area contributed by atoms with Gasteiger partial charge in [0.1, 0.15) is 5.82 Å². The maximum atomic E-state index is 5.54. The average molecular weight is 374 g/mol. The number of benzene rings is 2. The van der Waals surface area contributed by atoms with E-state index in [9.17, 15) is 0 Å². The number of rotatable bonds is 4. The fourth-order valence-electron chi connectivity index (χ4n) is 4.25. The molecule has 28 heavy (non-hydrogen) atoms. The summed E-state index contributed by atoms with van der Waals surface area (Å²) < 4.78 is 5.54. The molecule has 2 aliphatic rings. The summed E-state index contributed by atoms with van der Waals surface area (Å²) in [5, 5.41) is 1.14. The fourth-order valence-corrected chi connectivity index (χ4v) is 4.25. The van der Waals surface area contributed by atoms with Gasteiger partial charge in [-0.1, -0.05) is 42.5 Å². The Labute approximate surface area is 166 Å². The second-order valence-corrected chi connectivity index (χ2v) is 7.77. The van der Waals surface area contributed by atoms with E-state index in [-0.39, 0.29) is 0 Å². The molecular weight excluding hydrogens is 348 g/mol. The van der Waals surface area contributed by atoms with Crippen LogP contribution in [-0.2, 0) is 4.74 Å². The van der Waals surface area contributed by atoms with Crippen LogP contribution in [0.5, 0.6) is 0 Å². The minimum absolute atomic E-state index is 0.705. The van der Waals surface area contributed by atoms with E-state index in [1.54, 1.807) is 0 Å². The van der Waals surface area contributed by atoms with Gasteiger partial charge in [-0.05, 0) is 24.5 Å². The molecule has 144 valence electrons. The third-order valence-electron chi connectivity index (χ3n) is 5.83. The Morgan fingerprint density at radius 2 is 1.68 bits per heavy atom. The lowest BCUT2D eigenvalue weighted by Crippen LogP contribution is -2.48. The second kappa shape index (κ2) is 7.86. The molecule has 5 nitrogen and oxygen atoms in total. The van der Waals surface area contributed by atoms with Crippen molar-refractivity contribution in [1.29, 1.82) is 0 Å². The highest BCUT2D eigenvalue weighted by Crippen LogP contribution is 2.28. The number of nitrogens with zero attached hydrogens (tertiary/aromatic N) is 4. The Hall–Kier alpha value is -2.50. The first kappa shape index (κ1) is 17.6. The van der Waals surface area contributed by atoms with E-state index in [2.05, 4.69) is 46.2 Å². The van der Waals surface area contributed by atoms with Crippen LogP contribution in [0.3, 0.4) is 0 Å². The van der Waals surface area contributed by atoms with Crippen molar-refractivity contribution in [2.24, 2.45) is 5.92 Å². The first-order chi connectivity index (χ1) is 13.9. The lowest BCUT2D eigenvalue weighted by Gasteiger charge is -2.36. The van der Waals surface area contributed by atoms with E-state index in [0.717, 1.165) is 74.0 Å². The second-order valence-electron chi connectivity index (χ2n) is 7.77. The van der Waals surface area contributed by atoms with Gasteiger partial charge in [-0.2, -0.15) is 0 Å². The van der Waals surface area contributed by atoms with Gasteiger partial charge in [-0.3, -0.25) is 4.90 Å². The van der Waals surface area contributed by atoms with Gasteiger partial charge in [-0.15, -0.1) is 0 Å². The molecule has 5 heteroatoms. The van der Waals surface area contributed by atoms with Crippen LogP contribution in [0.25, 0.3) is 22.3 Å². The molecule has 0 bridgehead atoms. The van der Waals surface area contributed by atoms with Crippen molar-refractivity contribution >= 4 is 16.7 Å². The van der Waals surface area contributed by atoms with E-state index < -0.39 is 0 Å². The average Bonchev–Trinajstić information content (AvgIpc) is 3.27. The van der Waals surface area contributed by atoms with Crippen LogP contribution in [0.15, 0.2) is 54.6 Å². The molecule has 1 aromatic heterocycles. The monoisotopic (exact) mass is 374 g/mol. The van der Waals surface area contributed by atoms with Crippen molar-refractivity contribution in [3.05, 3.63) is 54.6 Å². The highest BCUT2D eigenvalue weighted by atomic mass is 16.5. The van der Waals surface area contributed by atoms with Crippen molar-refractivity contribution < 1.29 is 4.74 Å². The first-order valence-electron chi connectivity index (χ1n) is 10.2. The zero-order chi connectivity index (χ0) is 18.8. The molecule has 0 radical (unpaired) electrons. The lowest BCUT2D eigenvalue weighted by molar-refractivity contribution is 0.164. The van der Waals surface area contributed by atoms with E-state index in [4.69, 9.17) is 14.7 Å². The van der Waals surface area contributed by atoms with Crippen LogP contribution < -0.4 is 4.90 Å². The van der Waals surface area contributed by atoms with Crippen LogP contribution in [0.1, 0.15) is 6.42 Å². The summed E-state index contributed by atoms with van der Waals surface area (Å²) in [6.07, 6.45) is 1.21. The molecule has 1 atom stereocenters. The van der Waals surface area contributed by atoms with Crippen LogP contribution in [0.4, 0.5) is 5.82 Å². The van der Waals surface area contributed by atoms with Gasteiger partial charge in [0.15, 0.2) is 5.82 Å². The fraction of sp³-hybridized carbons (Fsp3) is 0.391. The largest absolute Gasteiger partial charge is 0.381 e. The number of anilines is 1. The molecule has 2 aromatic carbocycles. The summed E-state index contributed by atoms with van der Waals surface area (Å²) in [7, 11) is 0. The van der Waals surface area contributed by atoms with E-state index in [1.165, 1.54) is 6.42 Å². The van der Waals surface area contributed by atoms with Gasteiger partial charge in [0.2, 0.25) is 0 Å². The summed E-state index contributed by atoms with van der Waals surface area (Å²) in [4.78, 5) is 14.8. The number of aromatic nitrogens is 2. The molecule has 5 rings (SSSR count). The topological polar surface area (TPSA) is 41.5 Å². The highest BCUT2D eigenvalue weighted by molar-refractivity contribution is 5.91. The zero-order valence-electron chi connectivity index (χ0n) is 16.1. The van der Waals surface area contributed by atoms with E-state index >= 15 is 0 Å². The molecular formula is C23H26N4O. The minimum atomic E-state index is 0.705. The molecule has 0 spiro atoms. The third-order valence-corrected chi connectivity index (χ3v) is 5.83. The Morgan fingerprint density at radius 3 is 2.46 bits per heavy atom.